The van der Waals surface area contributed by atoms with Crippen molar-refractivity contribution in [3.63, 3.8) is 0 Å². The summed E-state index contributed by atoms with van der Waals surface area (Å²) in [5.74, 6) is 0.474. The fraction of sp³-hybridized carbons (Fsp3) is 0.118. The summed E-state index contributed by atoms with van der Waals surface area (Å²) >= 11 is 0. The van der Waals surface area contributed by atoms with Crippen LogP contribution in [0.2, 0.25) is 0 Å². The Balaban J connectivity index is 2.09. The van der Waals surface area contributed by atoms with Crippen molar-refractivity contribution >= 4 is 23.1 Å². The molecule has 3 rings (SSSR count). The molecule has 0 radical (unpaired) electrons. The van der Waals surface area contributed by atoms with E-state index in [0.717, 1.165) is 22.3 Å². The Morgan fingerprint density at radius 1 is 1.30 bits per heavy atom. The zero-order valence-electron chi connectivity index (χ0n) is 12.6. The number of aromatic hydroxyl groups is 1. The molecular weight excluding hydrogens is 290 g/mol. The van der Waals surface area contributed by atoms with Crippen LogP contribution in [0.4, 0.5) is 5.95 Å². The van der Waals surface area contributed by atoms with Crippen molar-refractivity contribution in [2.24, 2.45) is 0 Å². The van der Waals surface area contributed by atoms with Crippen molar-refractivity contribution in [3.05, 3.63) is 53.4 Å². The van der Waals surface area contributed by atoms with E-state index in [1.165, 1.54) is 6.08 Å². The van der Waals surface area contributed by atoms with Crippen molar-refractivity contribution in [2.45, 2.75) is 13.5 Å². The van der Waals surface area contributed by atoms with E-state index in [9.17, 15) is 5.11 Å². The fourth-order valence-electron chi connectivity index (χ4n) is 2.43. The zero-order chi connectivity index (χ0) is 16.4. The van der Waals surface area contributed by atoms with Gasteiger partial charge in [0.2, 0.25) is 5.95 Å². The molecule has 1 aromatic carbocycles. The Morgan fingerprint density at radius 2 is 2.13 bits per heavy atom. The summed E-state index contributed by atoms with van der Waals surface area (Å²) in [7, 11) is 0. The number of nitriles is 1. The lowest BCUT2D eigenvalue weighted by molar-refractivity contribution is 0.461. The van der Waals surface area contributed by atoms with Gasteiger partial charge in [0.05, 0.1) is 23.6 Å². The van der Waals surface area contributed by atoms with Gasteiger partial charge in [0, 0.05) is 11.8 Å². The van der Waals surface area contributed by atoms with Crippen LogP contribution in [0.25, 0.3) is 17.1 Å². The third-order valence-electron chi connectivity index (χ3n) is 3.55. The van der Waals surface area contributed by atoms with E-state index in [2.05, 4.69) is 9.97 Å². The predicted octanol–water partition coefficient (Wildman–Crippen LogP) is 2.61. The molecule has 0 aliphatic carbocycles. The molecule has 0 unspecified atom stereocenters. The number of nitrogens with zero attached hydrogens (tertiary/aromatic N) is 4. The van der Waals surface area contributed by atoms with Crippen LogP contribution in [-0.2, 0) is 6.54 Å². The zero-order valence-corrected chi connectivity index (χ0v) is 12.6. The van der Waals surface area contributed by atoms with E-state index in [4.69, 9.17) is 11.0 Å². The van der Waals surface area contributed by atoms with Crippen LogP contribution in [0.5, 0.6) is 5.75 Å². The number of allylic oxidation sites excluding steroid dienone is 1. The van der Waals surface area contributed by atoms with E-state index in [1.807, 2.05) is 31.2 Å². The first kappa shape index (κ1) is 14.6. The van der Waals surface area contributed by atoms with Crippen molar-refractivity contribution in [3.8, 4) is 11.8 Å². The smallest absolute Gasteiger partial charge is 0.201 e. The molecule has 3 N–H and O–H groups in total. The molecule has 0 amide bonds. The summed E-state index contributed by atoms with van der Waals surface area (Å²) in [4.78, 5) is 8.68. The summed E-state index contributed by atoms with van der Waals surface area (Å²) in [6, 6.07) is 11.0. The highest BCUT2D eigenvalue weighted by Gasteiger charge is 2.12. The predicted molar refractivity (Wildman–Crippen MR) is 88.5 cm³/mol. The van der Waals surface area contributed by atoms with Gasteiger partial charge < -0.3 is 15.4 Å². The van der Waals surface area contributed by atoms with Gasteiger partial charge in [-0.05, 0) is 42.8 Å². The van der Waals surface area contributed by atoms with Crippen LogP contribution in [0.3, 0.4) is 0 Å². The molecule has 0 aliphatic heterocycles. The Bertz CT molecular complexity index is 950. The van der Waals surface area contributed by atoms with Gasteiger partial charge in [0.25, 0.3) is 0 Å². The second kappa shape index (κ2) is 5.81. The molecule has 6 nitrogen and oxygen atoms in total. The first-order valence-corrected chi connectivity index (χ1v) is 7.06. The molecule has 0 saturated carbocycles. The molecule has 2 heterocycles. The number of aryl methyl sites for hydroxylation is 1. The standard InChI is InChI=1S/C17H15N5O/c1-11-4-7-16(23)14(20-11)10-22-15-9-12(3-2-8-18)5-6-13(15)21-17(22)19/h2-7,9,23H,10H2,1H3,(H2,19,21). The molecule has 0 aliphatic rings. The van der Waals surface area contributed by atoms with Crippen LogP contribution in [-0.4, -0.2) is 19.6 Å². The van der Waals surface area contributed by atoms with Crippen molar-refractivity contribution < 1.29 is 5.11 Å². The molecule has 0 fully saturated rings. The number of imidazole rings is 1. The summed E-state index contributed by atoms with van der Waals surface area (Å²) < 4.78 is 1.79. The highest BCUT2D eigenvalue weighted by atomic mass is 16.3. The molecule has 0 atom stereocenters. The molecule has 3 aromatic rings. The number of rotatable bonds is 3. The Hall–Kier alpha value is -3.33. The summed E-state index contributed by atoms with van der Waals surface area (Å²) in [5.41, 5.74) is 9.82. The molecule has 0 bridgehead atoms. The maximum absolute atomic E-state index is 9.98. The number of hydrogen-bond acceptors (Lipinski definition) is 5. The average Bonchev–Trinajstić information content (AvgIpc) is 2.84. The molecule has 0 spiro atoms. The maximum Gasteiger partial charge on any atom is 0.201 e. The van der Waals surface area contributed by atoms with Gasteiger partial charge in [0.1, 0.15) is 11.4 Å². The third kappa shape index (κ3) is 2.85. The number of nitrogen functional groups attached to an aromatic ring is 1. The van der Waals surface area contributed by atoms with Crippen LogP contribution >= 0.6 is 0 Å². The van der Waals surface area contributed by atoms with E-state index in [0.29, 0.717) is 18.2 Å². The summed E-state index contributed by atoms with van der Waals surface area (Å²) in [6.07, 6.45) is 3.13. The Kier molecular flexibility index (Phi) is 3.69. The van der Waals surface area contributed by atoms with Crippen LogP contribution < -0.4 is 5.73 Å². The van der Waals surface area contributed by atoms with Gasteiger partial charge in [-0.2, -0.15) is 5.26 Å². The first-order valence-electron chi connectivity index (χ1n) is 7.06. The SMILES string of the molecule is Cc1ccc(O)c(Cn2c(N)nc3ccc(C=CC#N)cc32)n1. The van der Waals surface area contributed by atoms with E-state index in [1.54, 1.807) is 22.8 Å². The van der Waals surface area contributed by atoms with Crippen molar-refractivity contribution in [1.82, 2.24) is 14.5 Å². The fourth-order valence-corrected chi connectivity index (χ4v) is 2.43. The number of pyridine rings is 1. The Labute approximate surface area is 133 Å². The van der Waals surface area contributed by atoms with E-state index >= 15 is 0 Å². The largest absolute Gasteiger partial charge is 0.506 e. The monoisotopic (exact) mass is 305 g/mol. The molecule has 6 heteroatoms. The lowest BCUT2D eigenvalue weighted by Gasteiger charge is -2.09. The molecule has 2 aromatic heterocycles. The lowest BCUT2D eigenvalue weighted by Crippen LogP contribution is -2.06. The number of hydrogen-bond donors (Lipinski definition) is 2. The minimum atomic E-state index is 0.123. The maximum atomic E-state index is 9.98. The highest BCUT2D eigenvalue weighted by Crippen LogP contribution is 2.24. The van der Waals surface area contributed by atoms with Gasteiger partial charge in [-0.15, -0.1) is 0 Å². The highest BCUT2D eigenvalue weighted by molar-refractivity contribution is 5.81. The van der Waals surface area contributed by atoms with Gasteiger partial charge in [-0.25, -0.2) is 4.98 Å². The van der Waals surface area contributed by atoms with E-state index in [-0.39, 0.29) is 5.75 Å². The number of fused-ring (bicyclic) bond motifs is 1. The quantitative estimate of drug-likeness (QED) is 0.724. The second-order valence-electron chi connectivity index (χ2n) is 5.19. The van der Waals surface area contributed by atoms with Gasteiger partial charge in [-0.1, -0.05) is 6.07 Å². The van der Waals surface area contributed by atoms with Crippen LogP contribution in [0, 0.1) is 18.3 Å². The van der Waals surface area contributed by atoms with Crippen LogP contribution in [0.15, 0.2) is 36.4 Å². The normalized spacial score (nSPS) is 11.1. The summed E-state index contributed by atoms with van der Waals surface area (Å²) in [6.45, 7) is 2.18. The average molecular weight is 305 g/mol. The van der Waals surface area contributed by atoms with Crippen LogP contribution in [0.1, 0.15) is 17.0 Å². The first-order chi connectivity index (χ1) is 11.1. The van der Waals surface area contributed by atoms with Gasteiger partial charge in [0.15, 0.2) is 0 Å². The second-order valence-corrected chi connectivity index (χ2v) is 5.19. The Morgan fingerprint density at radius 3 is 2.91 bits per heavy atom. The number of aromatic nitrogens is 3. The van der Waals surface area contributed by atoms with Crippen molar-refractivity contribution in [1.29, 1.82) is 5.26 Å². The van der Waals surface area contributed by atoms with E-state index < -0.39 is 0 Å². The number of nitrogens with two attached hydrogens (primary N) is 1. The number of anilines is 1. The summed E-state index contributed by atoms with van der Waals surface area (Å²) in [5, 5.41) is 18.6. The third-order valence-corrected chi connectivity index (χ3v) is 3.55. The molecule has 23 heavy (non-hydrogen) atoms. The molecular formula is C17H15N5O. The van der Waals surface area contributed by atoms with Crippen molar-refractivity contribution in [2.75, 3.05) is 5.73 Å². The lowest BCUT2D eigenvalue weighted by atomic mass is 10.2. The molecule has 114 valence electrons. The minimum Gasteiger partial charge on any atom is -0.506 e. The minimum absolute atomic E-state index is 0.123. The molecule has 0 saturated heterocycles. The number of benzene rings is 1. The van der Waals surface area contributed by atoms with Gasteiger partial charge >= 0.3 is 0 Å². The van der Waals surface area contributed by atoms with Gasteiger partial charge in [-0.3, -0.25) is 4.98 Å². The topological polar surface area (TPSA) is 101 Å².